The van der Waals surface area contributed by atoms with E-state index in [1.807, 2.05) is 0 Å². The van der Waals surface area contributed by atoms with Gasteiger partial charge in [-0.15, -0.1) is 0 Å². The molecule has 4 aliphatic rings. The normalized spacial score (nSPS) is 39.1. The minimum absolute atomic E-state index is 0.113. The molecule has 3 saturated carbocycles. The van der Waals surface area contributed by atoms with Crippen LogP contribution < -0.4 is 5.32 Å². The van der Waals surface area contributed by atoms with Crippen LogP contribution in [0, 0.1) is 51.8 Å². The number of nitrogens with one attached hydrogen (secondary N) is 1. The molecular formula is C32H55NO3. The van der Waals surface area contributed by atoms with E-state index in [4.69, 9.17) is 0 Å². The van der Waals surface area contributed by atoms with Crippen molar-refractivity contribution in [3.63, 3.8) is 0 Å². The summed E-state index contributed by atoms with van der Waals surface area (Å²) in [6.07, 6.45) is 16.6. The summed E-state index contributed by atoms with van der Waals surface area (Å²) in [7, 11) is 0. The smallest absolute Gasteiger partial charge is 0.230 e. The maximum Gasteiger partial charge on any atom is 0.230 e. The van der Waals surface area contributed by atoms with E-state index in [9.17, 15) is 15.0 Å². The van der Waals surface area contributed by atoms with Crippen molar-refractivity contribution in [2.45, 2.75) is 118 Å². The van der Waals surface area contributed by atoms with Gasteiger partial charge in [0.2, 0.25) is 5.91 Å². The van der Waals surface area contributed by atoms with Gasteiger partial charge in [-0.3, -0.25) is 4.79 Å². The minimum Gasteiger partial charge on any atom is -0.395 e. The molecular weight excluding hydrogens is 446 g/mol. The molecule has 0 aliphatic heterocycles. The number of hydrogen-bond acceptors (Lipinski definition) is 3. The highest BCUT2D eigenvalue weighted by molar-refractivity contribution is 5.82. The van der Waals surface area contributed by atoms with Gasteiger partial charge in [-0.25, -0.2) is 0 Å². The lowest BCUT2D eigenvalue weighted by Gasteiger charge is -2.58. The second-order valence-electron chi connectivity index (χ2n) is 14.6. The van der Waals surface area contributed by atoms with Crippen LogP contribution in [0.5, 0.6) is 0 Å². The maximum atomic E-state index is 12.8. The molecule has 4 aliphatic carbocycles. The second kappa shape index (κ2) is 10.7. The SMILES string of the molecule is CC(C)CCC[C@@H](C)[C@H]1CCC2C3CC=C4C[C@H](NC(=O)C(C)(CO)CO)CC[C@]4(C)C3CC[C@@]21C. The summed E-state index contributed by atoms with van der Waals surface area (Å²) in [6, 6.07) is 0.113. The Hall–Kier alpha value is -0.870. The Morgan fingerprint density at radius 2 is 1.78 bits per heavy atom. The number of carbonyl (C=O) groups excluding carboxylic acids is 1. The van der Waals surface area contributed by atoms with Gasteiger partial charge < -0.3 is 15.5 Å². The van der Waals surface area contributed by atoms with Crippen LogP contribution in [0.1, 0.15) is 112 Å². The van der Waals surface area contributed by atoms with E-state index in [2.05, 4.69) is 46.0 Å². The van der Waals surface area contributed by atoms with Crippen molar-refractivity contribution >= 4 is 5.91 Å². The van der Waals surface area contributed by atoms with Crippen LogP contribution in [0.4, 0.5) is 0 Å². The Labute approximate surface area is 221 Å². The van der Waals surface area contributed by atoms with Crippen LogP contribution in [0.2, 0.25) is 0 Å². The number of aliphatic hydroxyl groups is 2. The van der Waals surface area contributed by atoms with Crippen LogP contribution in [-0.4, -0.2) is 35.4 Å². The van der Waals surface area contributed by atoms with Crippen molar-refractivity contribution in [1.29, 1.82) is 0 Å². The average Bonchev–Trinajstić information content (AvgIpc) is 3.20. The zero-order valence-corrected chi connectivity index (χ0v) is 24.1. The third-order valence-electron chi connectivity index (χ3n) is 11.9. The van der Waals surface area contributed by atoms with E-state index in [-0.39, 0.29) is 30.6 Å². The highest BCUT2D eigenvalue weighted by Gasteiger charge is 2.59. The number of amides is 1. The van der Waals surface area contributed by atoms with Crippen LogP contribution in [-0.2, 0) is 4.79 Å². The van der Waals surface area contributed by atoms with Gasteiger partial charge in [0.25, 0.3) is 0 Å². The van der Waals surface area contributed by atoms with Gasteiger partial charge in [-0.1, -0.05) is 65.5 Å². The fraction of sp³-hybridized carbons (Fsp3) is 0.906. The predicted octanol–water partition coefficient (Wildman–Crippen LogP) is 6.50. The Kier molecular flexibility index (Phi) is 8.38. The third-order valence-corrected chi connectivity index (χ3v) is 11.9. The van der Waals surface area contributed by atoms with Gasteiger partial charge in [0.05, 0.1) is 18.6 Å². The highest BCUT2D eigenvalue weighted by atomic mass is 16.3. The second-order valence-corrected chi connectivity index (χ2v) is 14.6. The molecule has 3 fully saturated rings. The lowest BCUT2D eigenvalue weighted by Crippen LogP contribution is -2.53. The van der Waals surface area contributed by atoms with E-state index in [1.165, 1.54) is 51.4 Å². The van der Waals surface area contributed by atoms with Crippen LogP contribution >= 0.6 is 0 Å². The summed E-state index contributed by atoms with van der Waals surface area (Å²) in [5.41, 5.74) is 1.25. The van der Waals surface area contributed by atoms with Crippen molar-refractivity contribution in [2.24, 2.45) is 51.8 Å². The molecule has 0 saturated heterocycles. The van der Waals surface area contributed by atoms with E-state index in [0.717, 1.165) is 54.8 Å². The first kappa shape index (κ1) is 28.1. The molecule has 206 valence electrons. The van der Waals surface area contributed by atoms with E-state index >= 15 is 0 Å². The summed E-state index contributed by atoms with van der Waals surface area (Å²) >= 11 is 0. The van der Waals surface area contributed by atoms with Gasteiger partial charge in [0.15, 0.2) is 0 Å². The summed E-state index contributed by atoms with van der Waals surface area (Å²) in [6.45, 7) is 13.4. The van der Waals surface area contributed by atoms with Crippen LogP contribution in [0.25, 0.3) is 0 Å². The Morgan fingerprint density at radius 1 is 1.06 bits per heavy atom. The van der Waals surface area contributed by atoms with E-state index < -0.39 is 5.41 Å². The largest absolute Gasteiger partial charge is 0.395 e. The molecule has 1 amide bonds. The van der Waals surface area contributed by atoms with E-state index in [0.29, 0.717) is 5.41 Å². The highest BCUT2D eigenvalue weighted by Crippen LogP contribution is 2.67. The molecule has 4 nitrogen and oxygen atoms in total. The quantitative estimate of drug-likeness (QED) is 0.316. The van der Waals surface area contributed by atoms with Crippen molar-refractivity contribution in [1.82, 2.24) is 5.32 Å². The number of fused-ring (bicyclic) bond motifs is 5. The van der Waals surface area contributed by atoms with Gasteiger partial charge in [-0.05, 0) is 105 Å². The van der Waals surface area contributed by atoms with Crippen LogP contribution in [0.15, 0.2) is 11.6 Å². The van der Waals surface area contributed by atoms with Gasteiger partial charge in [0, 0.05) is 6.04 Å². The lowest BCUT2D eigenvalue weighted by molar-refractivity contribution is -0.136. The fourth-order valence-electron chi connectivity index (χ4n) is 9.36. The Balaban J connectivity index is 1.43. The molecule has 8 atom stereocenters. The fourth-order valence-corrected chi connectivity index (χ4v) is 9.36. The number of aliphatic hydroxyl groups excluding tert-OH is 2. The molecule has 0 aromatic carbocycles. The first-order valence-electron chi connectivity index (χ1n) is 15.2. The number of allylic oxidation sites excluding steroid dienone is 1. The summed E-state index contributed by atoms with van der Waals surface area (Å²) in [4.78, 5) is 12.8. The topological polar surface area (TPSA) is 69.6 Å². The molecule has 0 spiro atoms. The van der Waals surface area contributed by atoms with Gasteiger partial charge >= 0.3 is 0 Å². The molecule has 0 aromatic rings. The Morgan fingerprint density at radius 3 is 2.44 bits per heavy atom. The number of carbonyl (C=O) groups is 1. The minimum atomic E-state index is -1.11. The number of rotatable bonds is 9. The maximum absolute atomic E-state index is 12.8. The molecule has 0 radical (unpaired) electrons. The molecule has 3 unspecified atom stereocenters. The molecule has 4 heteroatoms. The van der Waals surface area contributed by atoms with Gasteiger partial charge in [0.1, 0.15) is 0 Å². The molecule has 3 N–H and O–H groups in total. The molecule has 36 heavy (non-hydrogen) atoms. The molecule has 0 aromatic heterocycles. The van der Waals surface area contributed by atoms with Crippen molar-refractivity contribution in [3.8, 4) is 0 Å². The van der Waals surface area contributed by atoms with Crippen molar-refractivity contribution in [2.75, 3.05) is 13.2 Å². The Bertz CT molecular complexity index is 816. The predicted molar refractivity (Wildman–Crippen MR) is 147 cm³/mol. The summed E-state index contributed by atoms with van der Waals surface area (Å²) < 4.78 is 0. The van der Waals surface area contributed by atoms with Crippen molar-refractivity contribution < 1.29 is 15.0 Å². The first-order chi connectivity index (χ1) is 17.0. The average molecular weight is 502 g/mol. The molecule has 0 bridgehead atoms. The number of hydrogen-bond donors (Lipinski definition) is 3. The van der Waals surface area contributed by atoms with Crippen LogP contribution in [0.3, 0.4) is 0 Å². The van der Waals surface area contributed by atoms with Gasteiger partial charge in [-0.2, -0.15) is 0 Å². The zero-order valence-electron chi connectivity index (χ0n) is 24.1. The standard InChI is InChI=1S/C32H55NO3/c1-21(2)8-7-9-22(3)26-12-13-27-25-11-10-23-18-24(33-29(36)30(4,19-34)20-35)14-16-31(23,5)28(25)15-17-32(26,27)6/h10,21-22,24-28,34-35H,7-9,11-20H2,1-6H3,(H,33,36)/t22-,24-,25?,26-,27?,28?,31+,32-/m1/s1. The molecule has 4 rings (SSSR count). The third kappa shape index (κ3) is 4.95. The zero-order chi connectivity index (χ0) is 26.3. The molecule has 0 heterocycles. The van der Waals surface area contributed by atoms with Crippen molar-refractivity contribution in [3.05, 3.63) is 11.6 Å². The monoisotopic (exact) mass is 501 g/mol. The summed E-state index contributed by atoms with van der Waals surface area (Å²) in [5.74, 6) is 4.82. The summed E-state index contributed by atoms with van der Waals surface area (Å²) in [5, 5.41) is 22.4. The first-order valence-corrected chi connectivity index (χ1v) is 15.2. The van der Waals surface area contributed by atoms with E-state index in [1.54, 1.807) is 12.5 Å². The lowest BCUT2D eigenvalue weighted by atomic mass is 9.47.